The third kappa shape index (κ3) is 8.26. The molecule has 178 valence electrons. The Bertz CT molecular complexity index is 909. The van der Waals surface area contributed by atoms with Crippen molar-refractivity contribution < 1.29 is 4.74 Å². The molecule has 3 rings (SSSR count). The Morgan fingerprint density at radius 2 is 1.45 bits per heavy atom. The van der Waals surface area contributed by atoms with E-state index in [2.05, 4.69) is 66.5 Å². The van der Waals surface area contributed by atoms with E-state index in [4.69, 9.17) is 4.74 Å². The van der Waals surface area contributed by atoms with Crippen LogP contribution in [0.2, 0.25) is 0 Å². The van der Waals surface area contributed by atoms with Crippen LogP contribution < -0.4 is 4.74 Å². The van der Waals surface area contributed by atoms with Crippen molar-refractivity contribution in [1.29, 1.82) is 0 Å². The fraction of sp³-hybridized carbons (Fsp3) is 0.517. The van der Waals surface area contributed by atoms with E-state index in [0.717, 1.165) is 35.8 Å². The summed E-state index contributed by atoms with van der Waals surface area (Å²) in [4.78, 5) is 0. The van der Waals surface area contributed by atoms with Gasteiger partial charge in [0.05, 0.1) is 6.61 Å². The van der Waals surface area contributed by atoms with Crippen molar-refractivity contribution in [2.45, 2.75) is 90.9 Å². The predicted octanol–water partition coefficient (Wildman–Crippen LogP) is 9.12. The van der Waals surface area contributed by atoms with E-state index < -0.39 is 0 Å². The van der Waals surface area contributed by atoms with Crippen molar-refractivity contribution in [3.05, 3.63) is 53.5 Å². The van der Waals surface area contributed by atoms with Crippen LogP contribution in [0, 0.1) is 0 Å². The van der Waals surface area contributed by atoms with E-state index >= 15 is 0 Å². The van der Waals surface area contributed by atoms with Gasteiger partial charge in [-0.05, 0) is 48.1 Å². The highest BCUT2D eigenvalue weighted by Crippen LogP contribution is 2.38. The number of nitrogens with zero attached hydrogens (tertiary/aromatic N) is 2. The molecule has 1 aromatic heterocycles. The van der Waals surface area contributed by atoms with Crippen molar-refractivity contribution in [3.63, 3.8) is 0 Å². The minimum absolute atomic E-state index is 0.787. The molecule has 0 atom stereocenters. The summed E-state index contributed by atoms with van der Waals surface area (Å²) in [5.74, 6) is 1.03. The Morgan fingerprint density at radius 3 is 2.15 bits per heavy atom. The van der Waals surface area contributed by atoms with Gasteiger partial charge in [0, 0.05) is 5.56 Å². The standard InChI is InChI=1S/C29H40N2OS/c1-3-5-7-9-11-16-20-32-28-22-27(29-31-30-23-33-29)26(24-17-14-12-15-18-24)21-25(28)19-13-10-8-6-4-2/h12,14-15,17-18,21-23H,3-11,13,16,19-20H2,1-2H3. The largest absolute Gasteiger partial charge is 0.493 e. The number of ether oxygens (including phenoxy) is 1. The first-order chi connectivity index (χ1) is 16.3. The van der Waals surface area contributed by atoms with Crippen LogP contribution in [0.15, 0.2) is 48.0 Å². The van der Waals surface area contributed by atoms with Crippen LogP contribution in [0.1, 0.15) is 90.0 Å². The fourth-order valence-corrected chi connectivity index (χ4v) is 4.85. The molecule has 0 radical (unpaired) electrons. The second-order valence-electron chi connectivity index (χ2n) is 8.90. The van der Waals surface area contributed by atoms with Crippen molar-refractivity contribution >= 4 is 11.3 Å². The Hall–Kier alpha value is -2.20. The first kappa shape index (κ1) is 25.4. The SMILES string of the molecule is CCCCCCCCOc1cc(-c2nncs2)c(-c2ccccc2)cc1CCCCCCC. The number of hydrogen-bond donors (Lipinski definition) is 0. The van der Waals surface area contributed by atoms with Gasteiger partial charge in [-0.15, -0.1) is 10.2 Å². The highest BCUT2D eigenvalue weighted by Gasteiger charge is 2.16. The third-order valence-corrected chi connectivity index (χ3v) is 6.91. The summed E-state index contributed by atoms with van der Waals surface area (Å²) in [5.41, 5.74) is 6.70. The number of hydrogen-bond acceptors (Lipinski definition) is 4. The number of aryl methyl sites for hydroxylation is 1. The van der Waals surface area contributed by atoms with Crippen molar-refractivity contribution in [2.75, 3.05) is 6.61 Å². The van der Waals surface area contributed by atoms with E-state index in [9.17, 15) is 0 Å². The Kier molecular flexibility index (Phi) is 11.4. The van der Waals surface area contributed by atoms with Gasteiger partial charge in [-0.2, -0.15) is 0 Å². The molecule has 4 heteroatoms. The smallest absolute Gasteiger partial charge is 0.148 e. The average Bonchev–Trinajstić information content (AvgIpc) is 3.39. The molecule has 1 heterocycles. The number of benzene rings is 2. The summed E-state index contributed by atoms with van der Waals surface area (Å²) < 4.78 is 6.41. The van der Waals surface area contributed by atoms with E-state index in [1.807, 2.05) is 5.51 Å². The van der Waals surface area contributed by atoms with Gasteiger partial charge in [0.1, 0.15) is 16.3 Å². The zero-order valence-electron chi connectivity index (χ0n) is 20.5. The summed E-state index contributed by atoms with van der Waals surface area (Å²) in [6, 6.07) is 15.2. The van der Waals surface area contributed by atoms with Crippen LogP contribution in [-0.2, 0) is 6.42 Å². The lowest BCUT2D eigenvalue weighted by molar-refractivity contribution is 0.301. The highest BCUT2D eigenvalue weighted by atomic mass is 32.1. The maximum atomic E-state index is 6.41. The molecule has 3 nitrogen and oxygen atoms in total. The first-order valence-corrected chi connectivity index (χ1v) is 13.8. The lowest BCUT2D eigenvalue weighted by Gasteiger charge is -2.17. The molecular formula is C29H40N2OS. The lowest BCUT2D eigenvalue weighted by atomic mass is 9.94. The second kappa shape index (κ2) is 14.8. The summed E-state index contributed by atoms with van der Waals surface area (Å²) >= 11 is 1.59. The van der Waals surface area contributed by atoms with Crippen LogP contribution in [0.25, 0.3) is 21.7 Å². The van der Waals surface area contributed by atoms with Crippen LogP contribution in [0.5, 0.6) is 5.75 Å². The molecule has 0 bridgehead atoms. The molecule has 0 amide bonds. The van der Waals surface area contributed by atoms with Crippen molar-refractivity contribution in [1.82, 2.24) is 10.2 Å². The molecule has 0 fully saturated rings. The second-order valence-corrected chi connectivity index (χ2v) is 9.73. The molecule has 0 aliphatic rings. The van der Waals surface area contributed by atoms with E-state index in [0.29, 0.717) is 0 Å². The molecule has 3 aromatic rings. The van der Waals surface area contributed by atoms with Crippen LogP contribution >= 0.6 is 11.3 Å². The van der Waals surface area contributed by atoms with Gasteiger partial charge in [-0.1, -0.05) is 113 Å². The number of unbranched alkanes of at least 4 members (excludes halogenated alkanes) is 9. The van der Waals surface area contributed by atoms with E-state index in [-0.39, 0.29) is 0 Å². The molecule has 0 N–H and O–H groups in total. The summed E-state index contributed by atoms with van der Waals surface area (Å²) in [6.45, 7) is 5.32. The van der Waals surface area contributed by atoms with Gasteiger partial charge in [0.2, 0.25) is 0 Å². The van der Waals surface area contributed by atoms with Crippen LogP contribution in [0.3, 0.4) is 0 Å². The van der Waals surface area contributed by atoms with Gasteiger partial charge < -0.3 is 4.74 Å². The molecule has 2 aromatic carbocycles. The summed E-state index contributed by atoms with van der Waals surface area (Å²) in [5, 5.41) is 9.44. The predicted molar refractivity (Wildman–Crippen MR) is 142 cm³/mol. The molecule has 0 saturated heterocycles. The third-order valence-electron chi connectivity index (χ3n) is 6.18. The molecule has 0 spiro atoms. The van der Waals surface area contributed by atoms with Gasteiger partial charge in [0.15, 0.2) is 0 Å². The van der Waals surface area contributed by atoms with E-state index in [1.54, 1.807) is 11.3 Å². The molecule has 0 saturated carbocycles. The summed E-state index contributed by atoms with van der Waals surface area (Å²) in [7, 11) is 0. The van der Waals surface area contributed by atoms with E-state index in [1.165, 1.54) is 80.9 Å². The Balaban J connectivity index is 1.81. The van der Waals surface area contributed by atoms with Crippen molar-refractivity contribution in [3.8, 4) is 27.4 Å². The minimum atomic E-state index is 0.787. The van der Waals surface area contributed by atoms with Gasteiger partial charge in [0.25, 0.3) is 0 Å². The van der Waals surface area contributed by atoms with Gasteiger partial charge >= 0.3 is 0 Å². The number of aromatic nitrogens is 2. The monoisotopic (exact) mass is 464 g/mol. The normalized spacial score (nSPS) is 11.1. The molecule has 0 aliphatic heterocycles. The highest BCUT2D eigenvalue weighted by molar-refractivity contribution is 7.12. The van der Waals surface area contributed by atoms with Crippen LogP contribution in [-0.4, -0.2) is 16.8 Å². The number of rotatable bonds is 16. The van der Waals surface area contributed by atoms with Gasteiger partial charge in [-0.3, -0.25) is 0 Å². The minimum Gasteiger partial charge on any atom is -0.493 e. The lowest BCUT2D eigenvalue weighted by Crippen LogP contribution is -2.02. The van der Waals surface area contributed by atoms with Crippen LogP contribution in [0.4, 0.5) is 0 Å². The molecule has 0 unspecified atom stereocenters. The van der Waals surface area contributed by atoms with Crippen molar-refractivity contribution in [2.24, 2.45) is 0 Å². The Labute approximate surface area is 204 Å². The molecular weight excluding hydrogens is 424 g/mol. The first-order valence-electron chi connectivity index (χ1n) is 12.9. The molecule has 33 heavy (non-hydrogen) atoms. The molecule has 0 aliphatic carbocycles. The zero-order chi connectivity index (χ0) is 23.1. The maximum Gasteiger partial charge on any atom is 0.148 e. The summed E-state index contributed by atoms with van der Waals surface area (Å²) in [6.07, 6.45) is 15.1. The average molecular weight is 465 g/mol. The zero-order valence-corrected chi connectivity index (χ0v) is 21.3. The quantitative estimate of drug-likeness (QED) is 0.198. The fourth-order valence-electron chi connectivity index (χ4n) is 4.26. The Morgan fingerprint density at radius 1 is 0.758 bits per heavy atom. The maximum absolute atomic E-state index is 6.41. The van der Waals surface area contributed by atoms with Gasteiger partial charge in [-0.25, -0.2) is 0 Å². The topological polar surface area (TPSA) is 35.0 Å².